The maximum Gasteiger partial charge on any atom is 0.0507 e. The van der Waals surface area contributed by atoms with Crippen LogP contribution in [0.5, 0.6) is 0 Å². The van der Waals surface area contributed by atoms with E-state index in [9.17, 15) is 0 Å². The van der Waals surface area contributed by atoms with Crippen LogP contribution in [0.4, 0.5) is 0 Å². The molecule has 2 heterocycles. The fourth-order valence-electron chi connectivity index (χ4n) is 2.71. The highest BCUT2D eigenvalue weighted by Gasteiger charge is 2.27. The summed E-state index contributed by atoms with van der Waals surface area (Å²) in [6.45, 7) is 13.3. The van der Waals surface area contributed by atoms with Crippen molar-refractivity contribution in [3.8, 4) is 0 Å². The molecule has 0 aromatic rings. The standard InChI is InChI=1S/C13H27N3O/c1-13(2,16-6-4-14-5-7-16)11-15-9-12-3-8-17-10-12/h12,14-15H,3-11H2,1-2H3. The number of nitrogens with one attached hydrogen (secondary N) is 2. The SMILES string of the molecule is CC(C)(CNCC1CCOC1)N1CCNCC1. The average molecular weight is 241 g/mol. The molecule has 2 N–H and O–H groups in total. The fourth-order valence-corrected chi connectivity index (χ4v) is 2.71. The van der Waals surface area contributed by atoms with Crippen molar-refractivity contribution in [2.45, 2.75) is 25.8 Å². The van der Waals surface area contributed by atoms with Gasteiger partial charge in [0.2, 0.25) is 0 Å². The Morgan fingerprint density at radius 3 is 2.76 bits per heavy atom. The minimum absolute atomic E-state index is 0.265. The zero-order chi connectivity index (χ0) is 12.1. The average Bonchev–Trinajstić information content (AvgIpc) is 2.83. The first-order valence-electron chi connectivity index (χ1n) is 6.93. The van der Waals surface area contributed by atoms with Gasteiger partial charge in [0.15, 0.2) is 0 Å². The van der Waals surface area contributed by atoms with Gasteiger partial charge in [-0.1, -0.05) is 0 Å². The van der Waals surface area contributed by atoms with Crippen LogP contribution in [0.25, 0.3) is 0 Å². The van der Waals surface area contributed by atoms with Gasteiger partial charge in [-0.15, -0.1) is 0 Å². The molecule has 2 saturated heterocycles. The van der Waals surface area contributed by atoms with E-state index in [1.165, 1.54) is 19.5 Å². The second-order valence-electron chi connectivity index (χ2n) is 5.91. The van der Waals surface area contributed by atoms with E-state index in [0.29, 0.717) is 0 Å². The summed E-state index contributed by atoms with van der Waals surface area (Å²) in [6.07, 6.45) is 1.22. The first kappa shape index (κ1) is 13.3. The van der Waals surface area contributed by atoms with Crippen LogP contribution in [0.15, 0.2) is 0 Å². The smallest absolute Gasteiger partial charge is 0.0507 e. The largest absolute Gasteiger partial charge is 0.381 e. The summed E-state index contributed by atoms with van der Waals surface area (Å²) in [5.41, 5.74) is 0.265. The van der Waals surface area contributed by atoms with Crippen molar-refractivity contribution >= 4 is 0 Å². The minimum atomic E-state index is 0.265. The number of rotatable bonds is 5. The Hall–Kier alpha value is -0.160. The van der Waals surface area contributed by atoms with Crippen LogP contribution in [0.1, 0.15) is 20.3 Å². The highest BCUT2D eigenvalue weighted by Crippen LogP contribution is 2.15. The predicted octanol–water partition coefficient (Wildman–Crippen LogP) is 0.296. The van der Waals surface area contributed by atoms with Crippen molar-refractivity contribution in [2.24, 2.45) is 5.92 Å². The summed E-state index contributed by atoms with van der Waals surface area (Å²) in [4.78, 5) is 2.58. The van der Waals surface area contributed by atoms with Gasteiger partial charge < -0.3 is 15.4 Å². The maximum absolute atomic E-state index is 5.40. The Kier molecular flexibility index (Phi) is 4.79. The van der Waals surface area contributed by atoms with Crippen molar-refractivity contribution in [2.75, 3.05) is 52.5 Å². The van der Waals surface area contributed by atoms with Gasteiger partial charge in [-0.3, -0.25) is 4.90 Å². The fraction of sp³-hybridized carbons (Fsp3) is 1.00. The van der Waals surface area contributed by atoms with E-state index < -0.39 is 0 Å². The Labute approximate surface area is 105 Å². The molecule has 2 fully saturated rings. The molecule has 4 heteroatoms. The molecule has 1 unspecified atom stereocenters. The first-order chi connectivity index (χ1) is 8.18. The molecule has 0 bridgehead atoms. The van der Waals surface area contributed by atoms with Crippen LogP contribution < -0.4 is 10.6 Å². The summed E-state index contributed by atoms with van der Waals surface area (Å²) in [5, 5.41) is 7.03. The molecule has 0 aromatic heterocycles. The van der Waals surface area contributed by atoms with Crippen LogP contribution in [0.2, 0.25) is 0 Å². The first-order valence-corrected chi connectivity index (χ1v) is 6.93. The third kappa shape index (κ3) is 3.91. The van der Waals surface area contributed by atoms with Gasteiger partial charge >= 0.3 is 0 Å². The molecule has 0 radical (unpaired) electrons. The molecule has 0 saturated carbocycles. The molecule has 0 amide bonds. The number of ether oxygens (including phenoxy) is 1. The number of piperazine rings is 1. The van der Waals surface area contributed by atoms with Crippen molar-refractivity contribution in [3.05, 3.63) is 0 Å². The molecule has 2 rings (SSSR count). The van der Waals surface area contributed by atoms with E-state index in [0.717, 1.165) is 45.3 Å². The highest BCUT2D eigenvalue weighted by atomic mass is 16.5. The quantitative estimate of drug-likeness (QED) is 0.726. The molecule has 1 atom stereocenters. The van der Waals surface area contributed by atoms with Gasteiger partial charge in [-0.25, -0.2) is 0 Å². The van der Waals surface area contributed by atoms with E-state index in [-0.39, 0.29) is 5.54 Å². The van der Waals surface area contributed by atoms with Gasteiger partial charge in [0, 0.05) is 51.4 Å². The Morgan fingerprint density at radius 2 is 2.12 bits per heavy atom. The number of nitrogens with zero attached hydrogens (tertiary/aromatic N) is 1. The number of hydrogen-bond donors (Lipinski definition) is 2. The zero-order valence-corrected chi connectivity index (χ0v) is 11.3. The predicted molar refractivity (Wildman–Crippen MR) is 70.3 cm³/mol. The van der Waals surface area contributed by atoms with Crippen LogP contribution in [-0.4, -0.2) is 62.9 Å². The van der Waals surface area contributed by atoms with Gasteiger partial charge in [0.05, 0.1) is 6.61 Å². The van der Waals surface area contributed by atoms with Crippen molar-refractivity contribution in [3.63, 3.8) is 0 Å². The third-order valence-corrected chi connectivity index (χ3v) is 3.99. The van der Waals surface area contributed by atoms with Crippen LogP contribution in [0.3, 0.4) is 0 Å². The highest BCUT2D eigenvalue weighted by molar-refractivity contribution is 4.87. The van der Waals surface area contributed by atoms with Gasteiger partial charge in [0.1, 0.15) is 0 Å². The molecule has 2 aliphatic rings. The van der Waals surface area contributed by atoms with Crippen molar-refractivity contribution < 1.29 is 4.74 Å². The van der Waals surface area contributed by atoms with Crippen LogP contribution in [-0.2, 0) is 4.74 Å². The Balaban J connectivity index is 1.68. The third-order valence-electron chi connectivity index (χ3n) is 3.99. The molecule has 0 aliphatic carbocycles. The van der Waals surface area contributed by atoms with Gasteiger partial charge in [-0.05, 0) is 26.2 Å². The molecule has 100 valence electrons. The number of hydrogen-bond acceptors (Lipinski definition) is 4. The van der Waals surface area contributed by atoms with E-state index >= 15 is 0 Å². The summed E-state index contributed by atoms with van der Waals surface area (Å²) in [7, 11) is 0. The zero-order valence-electron chi connectivity index (χ0n) is 11.3. The van der Waals surface area contributed by atoms with Crippen LogP contribution in [0, 0.1) is 5.92 Å². The molecule has 4 nitrogen and oxygen atoms in total. The monoisotopic (exact) mass is 241 g/mol. The molecular weight excluding hydrogens is 214 g/mol. The summed E-state index contributed by atoms with van der Waals surface area (Å²) in [6, 6.07) is 0. The lowest BCUT2D eigenvalue weighted by Crippen LogP contribution is -2.57. The second kappa shape index (κ2) is 6.14. The summed E-state index contributed by atoms with van der Waals surface area (Å²) >= 11 is 0. The van der Waals surface area contributed by atoms with E-state index in [1.54, 1.807) is 0 Å². The van der Waals surface area contributed by atoms with Gasteiger partial charge in [0.25, 0.3) is 0 Å². The summed E-state index contributed by atoms with van der Waals surface area (Å²) < 4.78 is 5.40. The molecule has 17 heavy (non-hydrogen) atoms. The Bertz CT molecular complexity index is 221. The lowest BCUT2D eigenvalue weighted by Gasteiger charge is -2.41. The Morgan fingerprint density at radius 1 is 1.35 bits per heavy atom. The lowest BCUT2D eigenvalue weighted by molar-refractivity contribution is 0.101. The van der Waals surface area contributed by atoms with Crippen molar-refractivity contribution in [1.29, 1.82) is 0 Å². The molecule has 0 aromatic carbocycles. The molecule has 2 aliphatic heterocycles. The minimum Gasteiger partial charge on any atom is -0.381 e. The van der Waals surface area contributed by atoms with Crippen LogP contribution >= 0.6 is 0 Å². The maximum atomic E-state index is 5.40. The second-order valence-corrected chi connectivity index (χ2v) is 5.91. The van der Waals surface area contributed by atoms with E-state index in [4.69, 9.17) is 4.74 Å². The molecule has 0 spiro atoms. The van der Waals surface area contributed by atoms with Gasteiger partial charge in [-0.2, -0.15) is 0 Å². The topological polar surface area (TPSA) is 36.5 Å². The van der Waals surface area contributed by atoms with E-state index in [1.807, 2.05) is 0 Å². The van der Waals surface area contributed by atoms with E-state index in [2.05, 4.69) is 29.4 Å². The lowest BCUT2D eigenvalue weighted by atomic mass is 10.0. The summed E-state index contributed by atoms with van der Waals surface area (Å²) in [5.74, 6) is 0.730. The van der Waals surface area contributed by atoms with Crippen molar-refractivity contribution in [1.82, 2.24) is 15.5 Å². The normalized spacial score (nSPS) is 27.5. The molecular formula is C13H27N3O.